The molecule has 0 aliphatic heterocycles. The van der Waals surface area contributed by atoms with E-state index in [1.54, 1.807) is 0 Å². The topological polar surface area (TPSA) is 49.3 Å². The molecule has 0 heterocycles. The van der Waals surface area contributed by atoms with Crippen molar-refractivity contribution < 1.29 is 23.1 Å². The molecule has 3 aliphatic rings. The van der Waals surface area contributed by atoms with Gasteiger partial charge in [-0.2, -0.15) is 13.2 Å². The van der Waals surface area contributed by atoms with Gasteiger partial charge in [-0.1, -0.05) is 70.8 Å². The summed E-state index contributed by atoms with van der Waals surface area (Å²) in [7, 11) is 0. The first kappa shape index (κ1) is 28.3. The summed E-state index contributed by atoms with van der Waals surface area (Å²) < 4.78 is 38.0. The molecule has 0 spiro atoms. The Hall–Kier alpha value is -1.30. The van der Waals surface area contributed by atoms with E-state index in [1.807, 2.05) is 6.08 Å². The van der Waals surface area contributed by atoms with Gasteiger partial charge < -0.3 is 10.4 Å². The Kier molecular flexibility index (Phi) is 8.87. The predicted molar refractivity (Wildman–Crippen MR) is 135 cm³/mol. The first-order valence-corrected chi connectivity index (χ1v) is 13.6. The van der Waals surface area contributed by atoms with Gasteiger partial charge in [0, 0.05) is 6.04 Å². The van der Waals surface area contributed by atoms with Gasteiger partial charge in [0.25, 0.3) is 0 Å². The van der Waals surface area contributed by atoms with Crippen LogP contribution in [0.25, 0.3) is 0 Å². The van der Waals surface area contributed by atoms with Crippen LogP contribution in [0, 0.1) is 28.6 Å². The summed E-state index contributed by atoms with van der Waals surface area (Å²) in [4.78, 5) is 11.4. The van der Waals surface area contributed by atoms with E-state index in [-0.39, 0.29) is 6.42 Å². The number of amides is 1. The smallest absolute Gasteiger partial charge is 0.393 e. The number of fused-ring (bicyclic) bond motifs is 1. The number of carbonyl (C=O) groups is 1. The van der Waals surface area contributed by atoms with Crippen LogP contribution in [-0.2, 0) is 4.79 Å². The lowest BCUT2D eigenvalue weighted by atomic mass is 9.60. The summed E-state index contributed by atoms with van der Waals surface area (Å²) >= 11 is 0. The van der Waals surface area contributed by atoms with E-state index in [4.69, 9.17) is 0 Å². The second-order valence-corrected chi connectivity index (χ2v) is 13.1. The van der Waals surface area contributed by atoms with Crippen molar-refractivity contribution in [2.45, 2.75) is 124 Å². The molecule has 0 aromatic heterocycles. The Balaban J connectivity index is 1.66. The fourth-order valence-electron chi connectivity index (χ4n) is 7.31. The zero-order valence-electron chi connectivity index (χ0n) is 22.3. The van der Waals surface area contributed by atoms with Crippen molar-refractivity contribution in [2.75, 3.05) is 0 Å². The van der Waals surface area contributed by atoms with Crippen molar-refractivity contribution in [2.24, 2.45) is 28.6 Å². The number of carbonyl (C=O) groups excluding carboxylic acids is 1. The highest BCUT2D eigenvalue weighted by Crippen LogP contribution is 2.60. The Labute approximate surface area is 210 Å². The molecule has 6 atom stereocenters. The van der Waals surface area contributed by atoms with Crippen LogP contribution in [0.2, 0.25) is 0 Å². The molecule has 3 saturated carbocycles. The third-order valence-corrected chi connectivity index (χ3v) is 9.00. The van der Waals surface area contributed by atoms with Crippen molar-refractivity contribution in [3.8, 4) is 0 Å². The number of halogens is 3. The molecule has 3 nitrogen and oxygen atoms in total. The van der Waals surface area contributed by atoms with E-state index in [0.29, 0.717) is 29.6 Å². The predicted octanol–water partition coefficient (Wildman–Crippen LogP) is 7.50. The Morgan fingerprint density at radius 1 is 1.20 bits per heavy atom. The lowest BCUT2D eigenvalue weighted by Gasteiger charge is -2.44. The Bertz CT molecular complexity index is 810. The zero-order chi connectivity index (χ0) is 26.0. The van der Waals surface area contributed by atoms with Crippen LogP contribution in [0.3, 0.4) is 0 Å². The molecule has 3 rings (SSSR count). The maximum atomic E-state index is 12.7. The van der Waals surface area contributed by atoms with Crippen LogP contribution in [0.15, 0.2) is 23.3 Å². The van der Waals surface area contributed by atoms with Gasteiger partial charge in [-0.3, -0.25) is 4.79 Å². The molecule has 35 heavy (non-hydrogen) atoms. The third-order valence-electron chi connectivity index (χ3n) is 9.00. The van der Waals surface area contributed by atoms with Crippen LogP contribution < -0.4 is 5.32 Å². The minimum Gasteiger partial charge on any atom is -0.393 e. The number of hydrogen-bond donors (Lipinski definition) is 2. The highest BCUT2D eigenvalue weighted by molar-refractivity contribution is 5.82. The number of rotatable bonds is 6. The van der Waals surface area contributed by atoms with Crippen molar-refractivity contribution in [1.29, 1.82) is 0 Å². The van der Waals surface area contributed by atoms with Gasteiger partial charge in [-0.25, -0.2) is 0 Å². The van der Waals surface area contributed by atoms with E-state index in [9.17, 15) is 23.1 Å². The van der Waals surface area contributed by atoms with Gasteiger partial charge in [-0.15, -0.1) is 0 Å². The van der Waals surface area contributed by atoms with E-state index in [0.717, 1.165) is 23.8 Å². The molecule has 3 fully saturated rings. The van der Waals surface area contributed by atoms with E-state index >= 15 is 0 Å². The van der Waals surface area contributed by atoms with Gasteiger partial charge in [0.2, 0.25) is 0 Å². The summed E-state index contributed by atoms with van der Waals surface area (Å²) in [6, 6.07) is -0.682. The molecule has 3 aliphatic carbocycles. The molecule has 0 aromatic carbocycles. The number of nitrogens with one attached hydrogen (secondary N) is 1. The molecular formula is C29H46F3NO2. The number of hydrogen-bond acceptors (Lipinski definition) is 2. The van der Waals surface area contributed by atoms with Crippen molar-refractivity contribution in [3.05, 3.63) is 23.3 Å². The van der Waals surface area contributed by atoms with Crippen LogP contribution in [0.1, 0.15) is 105 Å². The second kappa shape index (κ2) is 11.0. The monoisotopic (exact) mass is 497 g/mol. The normalized spacial score (nSPS) is 35.2. The molecule has 0 unspecified atom stereocenters. The molecule has 0 radical (unpaired) electrons. The molecule has 6 heteroatoms. The van der Waals surface area contributed by atoms with Crippen LogP contribution in [-0.4, -0.2) is 29.3 Å². The zero-order valence-corrected chi connectivity index (χ0v) is 22.3. The van der Waals surface area contributed by atoms with Gasteiger partial charge in [-0.05, 0) is 86.4 Å². The van der Waals surface area contributed by atoms with Gasteiger partial charge in [0.1, 0.15) is 0 Å². The van der Waals surface area contributed by atoms with Gasteiger partial charge in [0.05, 0.1) is 6.10 Å². The molecular weight excluding hydrogens is 451 g/mol. The molecule has 0 aromatic rings. The fraction of sp³-hybridized carbons (Fsp3) is 0.828. The number of aliphatic hydroxyl groups excluding tert-OH is 1. The molecule has 0 saturated heterocycles. The van der Waals surface area contributed by atoms with E-state index in [2.05, 4.69) is 46.0 Å². The van der Waals surface area contributed by atoms with Gasteiger partial charge in [0.15, 0.2) is 0 Å². The maximum absolute atomic E-state index is 12.7. The van der Waals surface area contributed by atoms with E-state index < -0.39 is 24.2 Å². The average molecular weight is 498 g/mol. The largest absolute Gasteiger partial charge is 0.471 e. The SMILES string of the molecule is C[C@H](CCCC(C)(C)C)[C@H]1CC[C@H]2/C(=C/C=C3/C[C@@H](O)C[C@H](NC(=O)C(F)(F)F)C3)CCC[C@]12C. The summed E-state index contributed by atoms with van der Waals surface area (Å²) in [6.07, 6.45) is 9.42. The highest BCUT2D eigenvalue weighted by atomic mass is 19.4. The molecule has 1 amide bonds. The second-order valence-electron chi connectivity index (χ2n) is 13.1. The van der Waals surface area contributed by atoms with Crippen molar-refractivity contribution in [3.63, 3.8) is 0 Å². The van der Waals surface area contributed by atoms with Crippen LogP contribution in [0.4, 0.5) is 13.2 Å². The molecule has 2 N–H and O–H groups in total. The summed E-state index contributed by atoms with van der Waals surface area (Å²) in [5.41, 5.74) is 3.09. The highest BCUT2D eigenvalue weighted by Gasteiger charge is 2.50. The van der Waals surface area contributed by atoms with Crippen LogP contribution >= 0.6 is 0 Å². The summed E-state index contributed by atoms with van der Waals surface area (Å²) in [6.45, 7) is 11.9. The average Bonchev–Trinajstić information content (AvgIpc) is 3.07. The van der Waals surface area contributed by atoms with Crippen molar-refractivity contribution in [1.82, 2.24) is 5.32 Å². The van der Waals surface area contributed by atoms with Crippen molar-refractivity contribution >= 4 is 5.91 Å². The Morgan fingerprint density at radius 2 is 1.91 bits per heavy atom. The summed E-state index contributed by atoms with van der Waals surface area (Å²) in [5, 5.41) is 12.3. The molecule has 200 valence electrons. The lowest BCUT2D eigenvalue weighted by molar-refractivity contribution is -0.174. The first-order chi connectivity index (χ1) is 16.2. The maximum Gasteiger partial charge on any atom is 0.471 e. The lowest BCUT2D eigenvalue weighted by Crippen LogP contribution is -2.46. The minimum absolute atomic E-state index is 0.158. The standard InChI is InChI=1S/C29H46F3NO2/c1-19(8-6-14-27(2,3)4)24-12-13-25-21(9-7-15-28(24,25)5)11-10-20-16-22(18-23(34)17-20)33-26(35)29(30,31)32/h10-11,19,22-25,34H,6-9,12-18H2,1-5H3,(H,33,35)/b20-10+,21-11+/t19-,22-,23-,24-,25+,28-/m1/s1. The number of alkyl halides is 3. The van der Waals surface area contributed by atoms with Crippen LogP contribution in [0.5, 0.6) is 0 Å². The third kappa shape index (κ3) is 7.36. The number of allylic oxidation sites excluding steroid dienone is 3. The quantitative estimate of drug-likeness (QED) is 0.399. The minimum atomic E-state index is -4.90. The number of aliphatic hydroxyl groups is 1. The fourth-order valence-corrected chi connectivity index (χ4v) is 7.31. The first-order valence-electron chi connectivity index (χ1n) is 13.6. The molecule has 0 bridgehead atoms. The van der Waals surface area contributed by atoms with Gasteiger partial charge >= 0.3 is 12.1 Å². The summed E-state index contributed by atoms with van der Waals surface area (Å²) in [5.74, 6) is 0.0993. The van der Waals surface area contributed by atoms with E-state index in [1.165, 1.54) is 50.5 Å². The Morgan fingerprint density at radius 3 is 2.57 bits per heavy atom.